The summed E-state index contributed by atoms with van der Waals surface area (Å²) >= 11 is 0. The maximum Gasteiger partial charge on any atom is 0.161 e. The fourth-order valence-electron chi connectivity index (χ4n) is 5.59. The number of hydrogen-bond donors (Lipinski definition) is 1. The van der Waals surface area contributed by atoms with E-state index in [9.17, 15) is 5.11 Å². The Hall–Kier alpha value is -5.20. The standard InChI is InChI=1S/C39H37NO5/c1-28-35-24-34(45-27-30-11-7-4-8-12-30)18-19-36(35)40(25-31-13-20-37(43-22-21-41)38(23-31)42-2)39(28)32-14-16-33(17-15-32)44-26-29-9-5-3-6-10-29/h3-20,23-24,41H,21-22,25-27H2,1-2H3. The van der Waals surface area contributed by atoms with E-state index in [1.807, 2.05) is 72.8 Å². The molecule has 0 atom stereocenters. The molecule has 0 aliphatic carbocycles. The minimum atomic E-state index is -0.0595. The van der Waals surface area contributed by atoms with Gasteiger partial charge in [0.25, 0.3) is 0 Å². The molecule has 228 valence electrons. The van der Waals surface area contributed by atoms with Crippen LogP contribution in [0, 0.1) is 6.92 Å². The molecule has 1 N–H and O–H groups in total. The van der Waals surface area contributed by atoms with Gasteiger partial charge in [-0.3, -0.25) is 0 Å². The average molecular weight is 600 g/mol. The summed E-state index contributed by atoms with van der Waals surface area (Å²) in [5.41, 5.74) is 7.82. The van der Waals surface area contributed by atoms with Crippen molar-refractivity contribution < 1.29 is 24.1 Å². The molecule has 0 saturated heterocycles. The number of rotatable bonds is 13. The molecular formula is C39H37NO5. The van der Waals surface area contributed by atoms with Gasteiger partial charge in [0.15, 0.2) is 11.5 Å². The lowest BCUT2D eigenvalue weighted by Gasteiger charge is -2.15. The lowest BCUT2D eigenvalue weighted by molar-refractivity contribution is 0.196. The van der Waals surface area contributed by atoms with Gasteiger partial charge in [-0.15, -0.1) is 0 Å². The van der Waals surface area contributed by atoms with E-state index in [0.29, 0.717) is 31.3 Å². The Kier molecular flexibility index (Phi) is 9.33. The summed E-state index contributed by atoms with van der Waals surface area (Å²) in [5, 5.41) is 10.3. The van der Waals surface area contributed by atoms with Crippen LogP contribution in [-0.2, 0) is 19.8 Å². The number of aromatic nitrogens is 1. The van der Waals surface area contributed by atoms with Gasteiger partial charge in [0.1, 0.15) is 31.3 Å². The lowest BCUT2D eigenvalue weighted by atomic mass is 10.1. The molecule has 0 aliphatic rings. The summed E-state index contributed by atoms with van der Waals surface area (Å²) in [6.45, 7) is 3.96. The topological polar surface area (TPSA) is 62.1 Å². The normalized spacial score (nSPS) is 11.0. The van der Waals surface area contributed by atoms with Crippen LogP contribution in [-0.4, -0.2) is 30.0 Å². The number of methoxy groups -OCH3 is 1. The van der Waals surface area contributed by atoms with Gasteiger partial charge in [-0.25, -0.2) is 0 Å². The Balaban J connectivity index is 1.34. The average Bonchev–Trinajstić information content (AvgIpc) is 3.36. The third kappa shape index (κ3) is 6.97. The second-order valence-electron chi connectivity index (χ2n) is 10.9. The van der Waals surface area contributed by atoms with Crippen LogP contribution in [0.3, 0.4) is 0 Å². The highest BCUT2D eigenvalue weighted by Crippen LogP contribution is 2.37. The zero-order chi connectivity index (χ0) is 31.0. The van der Waals surface area contributed by atoms with Crippen molar-refractivity contribution in [3.8, 4) is 34.3 Å². The van der Waals surface area contributed by atoms with Gasteiger partial charge >= 0.3 is 0 Å². The third-order valence-corrected chi connectivity index (χ3v) is 7.83. The molecule has 5 aromatic carbocycles. The summed E-state index contributed by atoms with van der Waals surface area (Å²) < 4.78 is 25.9. The highest BCUT2D eigenvalue weighted by molar-refractivity contribution is 5.92. The number of nitrogens with zero attached hydrogens (tertiary/aromatic N) is 1. The van der Waals surface area contributed by atoms with Crippen molar-refractivity contribution in [2.75, 3.05) is 20.3 Å². The molecule has 0 aliphatic heterocycles. The van der Waals surface area contributed by atoms with Gasteiger partial charge in [0, 0.05) is 17.4 Å². The number of hydrogen-bond acceptors (Lipinski definition) is 5. The number of aryl methyl sites for hydroxylation is 1. The fourth-order valence-corrected chi connectivity index (χ4v) is 5.59. The van der Waals surface area contributed by atoms with E-state index in [1.165, 1.54) is 5.56 Å². The van der Waals surface area contributed by atoms with E-state index in [-0.39, 0.29) is 13.2 Å². The number of benzene rings is 5. The quantitative estimate of drug-likeness (QED) is 0.145. The molecule has 0 spiro atoms. The van der Waals surface area contributed by atoms with Gasteiger partial charge in [-0.05, 0) is 89.3 Å². The van der Waals surface area contributed by atoms with E-state index in [1.54, 1.807) is 7.11 Å². The molecule has 6 heteroatoms. The van der Waals surface area contributed by atoms with E-state index in [4.69, 9.17) is 18.9 Å². The van der Waals surface area contributed by atoms with Crippen LogP contribution >= 0.6 is 0 Å². The molecular weight excluding hydrogens is 562 g/mol. The predicted molar refractivity (Wildman–Crippen MR) is 178 cm³/mol. The molecule has 0 amide bonds. The lowest BCUT2D eigenvalue weighted by Crippen LogP contribution is -2.05. The molecule has 45 heavy (non-hydrogen) atoms. The van der Waals surface area contributed by atoms with Crippen molar-refractivity contribution in [3.05, 3.63) is 144 Å². The number of ether oxygens (including phenoxy) is 4. The Morgan fingerprint density at radius 3 is 1.91 bits per heavy atom. The first-order chi connectivity index (χ1) is 22.1. The minimum Gasteiger partial charge on any atom is -0.493 e. The number of aliphatic hydroxyl groups is 1. The van der Waals surface area contributed by atoms with Crippen molar-refractivity contribution in [2.45, 2.75) is 26.7 Å². The first kappa shape index (κ1) is 29.9. The molecule has 0 unspecified atom stereocenters. The molecule has 1 aromatic heterocycles. The van der Waals surface area contributed by atoms with Crippen LogP contribution in [0.25, 0.3) is 22.2 Å². The molecule has 6 aromatic rings. The summed E-state index contributed by atoms with van der Waals surface area (Å²) in [5.74, 6) is 2.89. The number of fused-ring (bicyclic) bond motifs is 1. The van der Waals surface area contributed by atoms with Crippen LogP contribution in [0.2, 0.25) is 0 Å². The molecule has 6 rings (SSSR count). The summed E-state index contributed by atoms with van der Waals surface area (Å²) in [6, 6.07) is 40.9. The Bertz CT molecular complexity index is 1850. The second kappa shape index (κ2) is 14.1. The zero-order valence-corrected chi connectivity index (χ0v) is 25.6. The third-order valence-electron chi connectivity index (χ3n) is 7.83. The van der Waals surface area contributed by atoms with E-state index in [0.717, 1.165) is 50.3 Å². The van der Waals surface area contributed by atoms with Crippen LogP contribution in [0.4, 0.5) is 0 Å². The van der Waals surface area contributed by atoms with Crippen LogP contribution < -0.4 is 18.9 Å². The van der Waals surface area contributed by atoms with Crippen molar-refractivity contribution >= 4 is 10.9 Å². The van der Waals surface area contributed by atoms with E-state index in [2.05, 4.69) is 60.0 Å². The largest absolute Gasteiger partial charge is 0.493 e. The highest BCUT2D eigenvalue weighted by Gasteiger charge is 2.18. The molecule has 6 nitrogen and oxygen atoms in total. The SMILES string of the molecule is COc1cc(Cn2c(-c3ccc(OCc4ccccc4)cc3)c(C)c3cc(OCc4ccccc4)ccc32)ccc1OCCO. The molecule has 0 fully saturated rings. The van der Waals surface area contributed by atoms with E-state index >= 15 is 0 Å². The van der Waals surface area contributed by atoms with Gasteiger partial charge in [0.2, 0.25) is 0 Å². The monoisotopic (exact) mass is 599 g/mol. The maximum atomic E-state index is 9.21. The van der Waals surface area contributed by atoms with Crippen molar-refractivity contribution in [3.63, 3.8) is 0 Å². The fraction of sp³-hybridized carbons (Fsp3) is 0.179. The molecule has 0 bridgehead atoms. The predicted octanol–water partition coefficient (Wildman–Crippen LogP) is 8.20. The van der Waals surface area contributed by atoms with Crippen LogP contribution in [0.5, 0.6) is 23.0 Å². The first-order valence-corrected chi connectivity index (χ1v) is 15.1. The highest BCUT2D eigenvalue weighted by atomic mass is 16.5. The van der Waals surface area contributed by atoms with Gasteiger partial charge in [0.05, 0.1) is 19.4 Å². The molecule has 0 saturated carbocycles. The number of aliphatic hydroxyl groups excluding tert-OH is 1. The minimum absolute atomic E-state index is 0.0595. The van der Waals surface area contributed by atoms with Crippen molar-refractivity contribution in [1.29, 1.82) is 0 Å². The maximum absolute atomic E-state index is 9.21. The first-order valence-electron chi connectivity index (χ1n) is 15.1. The molecule has 1 heterocycles. The van der Waals surface area contributed by atoms with Crippen molar-refractivity contribution in [2.24, 2.45) is 0 Å². The van der Waals surface area contributed by atoms with Crippen molar-refractivity contribution in [1.82, 2.24) is 4.57 Å². The molecule has 0 radical (unpaired) electrons. The Labute approximate surface area is 264 Å². The van der Waals surface area contributed by atoms with Crippen LogP contribution in [0.1, 0.15) is 22.3 Å². The van der Waals surface area contributed by atoms with Gasteiger partial charge in [-0.1, -0.05) is 66.7 Å². The van der Waals surface area contributed by atoms with Gasteiger partial charge in [-0.2, -0.15) is 0 Å². The van der Waals surface area contributed by atoms with Crippen LogP contribution in [0.15, 0.2) is 121 Å². The summed E-state index contributed by atoms with van der Waals surface area (Å²) in [4.78, 5) is 0. The zero-order valence-electron chi connectivity index (χ0n) is 25.6. The smallest absolute Gasteiger partial charge is 0.161 e. The van der Waals surface area contributed by atoms with Gasteiger partial charge < -0.3 is 28.6 Å². The Morgan fingerprint density at radius 2 is 1.27 bits per heavy atom. The summed E-state index contributed by atoms with van der Waals surface area (Å²) in [7, 11) is 1.63. The van der Waals surface area contributed by atoms with E-state index < -0.39 is 0 Å². The second-order valence-corrected chi connectivity index (χ2v) is 10.9. The summed E-state index contributed by atoms with van der Waals surface area (Å²) in [6.07, 6.45) is 0. The Morgan fingerprint density at radius 1 is 0.622 bits per heavy atom.